The van der Waals surface area contributed by atoms with E-state index >= 15 is 0 Å². The van der Waals surface area contributed by atoms with Gasteiger partial charge in [0.2, 0.25) is 5.88 Å². The van der Waals surface area contributed by atoms with Gasteiger partial charge < -0.3 is 10.1 Å². The third-order valence-corrected chi connectivity index (χ3v) is 5.94. The molecule has 34 heavy (non-hydrogen) atoms. The van der Waals surface area contributed by atoms with E-state index in [1.807, 2.05) is 60.9 Å². The summed E-state index contributed by atoms with van der Waals surface area (Å²) in [6.07, 6.45) is 7.24. The Kier molecular flexibility index (Phi) is 5.03. The van der Waals surface area contributed by atoms with Crippen LogP contribution in [0.3, 0.4) is 0 Å². The molecule has 0 aliphatic carbocycles. The molecule has 0 saturated carbocycles. The predicted molar refractivity (Wildman–Crippen MR) is 129 cm³/mol. The molecule has 4 heterocycles. The van der Waals surface area contributed by atoms with E-state index < -0.39 is 0 Å². The normalized spacial score (nSPS) is 12.8. The minimum absolute atomic E-state index is 0.286. The summed E-state index contributed by atoms with van der Waals surface area (Å²) in [6.45, 7) is 1.35. The molecule has 0 saturated heterocycles. The number of fused-ring (bicyclic) bond motifs is 2. The van der Waals surface area contributed by atoms with Crippen molar-refractivity contribution in [3.8, 4) is 17.0 Å². The Balaban J connectivity index is 1.20. The van der Waals surface area contributed by atoms with Crippen LogP contribution in [0.2, 0.25) is 0 Å². The van der Waals surface area contributed by atoms with Crippen LogP contribution < -0.4 is 10.1 Å². The molecule has 168 valence electrons. The minimum Gasteiger partial charge on any atom is -0.477 e. The van der Waals surface area contributed by atoms with E-state index in [1.165, 1.54) is 0 Å². The summed E-state index contributed by atoms with van der Waals surface area (Å²) in [4.78, 5) is 17.4. The highest BCUT2D eigenvalue weighted by Gasteiger charge is 2.17. The molecule has 0 fully saturated rings. The van der Waals surface area contributed by atoms with Crippen LogP contribution in [-0.2, 0) is 13.0 Å². The van der Waals surface area contributed by atoms with E-state index in [2.05, 4.69) is 31.7 Å². The lowest BCUT2D eigenvalue weighted by molar-refractivity contribution is 0.102. The third kappa shape index (κ3) is 3.90. The molecule has 8 heteroatoms. The molecule has 0 spiro atoms. The topological polar surface area (TPSA) is 97.7 Å². The second kappa shape index (κ2) is 8.47. The zero-order chi connectivity index (χ0) is 22.9. The zero-order valence-corrected chi connectivity index (χ0v) is 18.4. The Hall–Kier alpha value is -4.46. The fourth-order valence-electron chi connectivity index (χ4n) is 4.24. The van der Waals surface area contributed by atoms with Gasteiger partial charge >= 0.3 is 0 Å². The van der Waals surface area contributed by atoms with Gasteiger partial charge in [0.1, 0.15) is 0 Å². The number of hydrogen-bond acceptors (Lipinski definition) is 5. The second-order valence-corrected chi connectivity index (χ2v) is 8.34. The number of H-pyrrole nitrogens is 1. The number of aryl methyl sites for hydroxylation is 1. The molecular formula is C26H22N6O2. The van der Waals surface area contributed by atoms with Crippen LogP contribution in [0.1, 0.15) is 28.0 Å². The largest absolute Gasteiger partial charge is 0.477 e. The number of nitrogens with one attached hydrogen (secondary N) is 2. The summed E-state index contributed by atoms with van der Waals surface area (Å²) in [5.41, 5.74) is 6.03. The number of aromatic amines is 1. The van der Waals surface area contributed by atoms with Crippen LogP contribution in [-0.4, -0.2) is 37.5 Å². The van der Waals surface area contributed by atoms with Gasteiger partial charge in [-0.25, -0.2) is 4.98 Å². The summed E-state index contributed by atoms with van der Waals surface area (Å²) in [7, 11) is 0. The number of nitrogens with zero attached hydrogens (tertiary/aromatic N) is 4. The summed E-state index contributed by atoms with van der Waals surface area (Å²) in [5, 5.41) is 15.3. The van der Waals surface area contributed by atoms with Crippen LogP contribution >= 0.6 is 0 Å². The van der Waals surface area contributed by atoms with E-state index in [0.29, 0.717) is 17.9 Å². The van der Waals surface area contributed by atoms with Crippen molar-refractivity contribution in [2.24, 2.45) is 0 Å². The molecular weight excluding hydrogens is 428 g/mol. The Morgan fingerprint density at radius 2 is 2.00 bits per heavy atom. The van der Waals surface area contributed by atoms with Crippen LogP contribution in [0.15, 0.2) is 73.2 Å². The van der Waals surface area contributed by atoms with Gasteiger partial charge in [0.15, 0.2) is 5.69 Å². The van der Waals surface area contributed by atoms with Crippen molar-refractivity contribution in [1.29, 1.82) is 0 Å². The zero-order valence-electron chi connectivity index (χ0n) is 18.4. The summed E-state index contributed by atoms with van der Waals surface area (Å²) in [6, 6.07) is 18.1. The molecule has 6 rings (SSSR count). The van der Waals surface area contributed by atoms with Gasteiger partial charge in [0, 0.05) is 28.9 Å². The van der Waals surface area contributed by atoms with Crippen molar-refractivity contribution < 1.29 is 9.53 Å². The van der Waals surface area contributed by atoms with Gasteiger partial charge in [-0.2, -0.15) is 10.2 Å². The molecule has 1 aliphatic rings. The fourth-order valence-corrected chi connectivity index (χ4v) is 4.24. The molecule has 3 aromatic heterocycles. The van der Waals surface area contributed by atoms with Crippen molar-refractivity contribution in [3.63, 3.8) is 0 Å². The lowest BCUT2D eigenvalue weighted by Crippen LogP contribution is -2.12. The molecule has 8 nitrogen and oxygen atoms in total. The first-order chi connectivity index (χ1) is 16.7. The quantitative estimate of drug-likeness (QED) is 0.412. The molecule has 0 radical (unpaired) electrons. The molecule has 1 aliphatic heterocycles. The van der Waals surface area contributed by atoms with E-state index in [4.69, 9.17) is 4.74 Å². The Morgan fingerprint density at radius 3 is 2.91 bits per heavy atom. The summed E-state index contributed by atoms with van der Waals surface area (Å²) < 4.78 is 7.41. The lowest BCUT2D eigenvalue weighted by atomic mass is 10.0. The first-order valence-electron chi connectivity index (χ1n) is 11.2. The average molecular weight is 451 g/mol. The van der Waals surface area contributed by atoms with Gasteiger partial charge in [-0.15, -0.1) is 0 Å². The molecule has 2 N–H and O–H groups in total. The minimum atomic E-state index is -0.286. The highest BCUT2D eigenvalue weighted by molar-refractivity contribution is 6.11. The molecule has 1 amide bonds. The maximum atomic E-state index is 12.9. The van der Waals surface area contributed by atoms with Crippen molar-refractivity contribution in [3.05, 3.63) is 90.0 Å². The van der Waals surface area contributed by atoms with Crippen LogP contribution in [0.5, 0.6) is 5.88 Å². The highest BCUT2D eigenvalue weighted by atomic mass is 16.5. The Bertz CT molecular complexity index is 1490. The molecule has 2 aromatic carbocycles. The number of amides is 1. The number of rotatable bonds is 5. The number of carbonyl (C=O) groups excluding carboxylic acids is 1. The van der Waals surface area contributed by atoms with Crippen molar-refractivity contribution in [2.45, 2.75) is 19.4 Å². The van der Waals surface area contributed by atoms with E-state index in [-0.39, 0.29) is 5.91 Å². The number of hydrogen-bond donors (Lipinski definition) is 2. The standard InChI is InChI=1S/C26H22N6O2/c33-25(29-21-14-28-32(16-21)15-17-5-2-1-3-6-17)24-22-9-8-18(12-23(22)30-31-24)20-11-19-7-4-10-34-26(19)27-13-20/h1-3,5-6,8-9,11-14,16H,4,7,10,15H2,(H,29,33)(H,30,31). The summed E-state index contributed by atoms with van der Waals surface area (Å²) in [5.74, 6) is 0.439. The number of carbonyl (C=O) groups is 1. The number of benzene rings is 2. The van der Waals surface area contributed by atoms with E-state index in [0.717, 1.165) is 58.5 Å². The number of pyridine rings is 1. The first-order valence-corrected chi connectivity index (χ1v) is 11.2. The maximum Gasteiger partial charge on any atom is 0.276 e. The Labute approximate surface area is 195 Å². The summed E-state index contributed by atoms with van der Waals surface area (Å²) >= 11 is 0. The average Bonchev–Trinajstić information content (AvgIpc) is 3.50. The van der Waals surface area contributed by atoms with Crippen molar-refractivity contribution >= 4 is 22.5 Å². The second-order valence-electron chi connectivity index (χ2n) is 8.34. The monoisotopic (exact) mass is 450 g/mol. The van der Waals surface area contributed by atoms with Gasteiger partial charge in [0.05, 0.1) is 30.6 Å². The van der Waals surface area contributed by atoms with Gasteiger partial charge in [-0.1, -0.05) is 36.4 Å². The van der Waals surface area contributed by atoms with Crippen LogP contribution in [0.25, 0.3) is 22.0 Å². The SMILES string of the molecule is O=C(Nc1cnn(Cc2ccccc2)c1)c1n[nH]c2cc(-c3cnc4c(c3)CCCO4)ccc12. The van der Waals surface area contributed by atoms with E-state index in [1.54, 1.807) is 10.9 Å². The number of anilines is 1. The van der Waals surface area contributed by atoms with Gasteiger partial charge in [-0.3, -0.25) is 14.6 Å². The van der Waals surface area contributed by atoms with Crippen LogP contribution in [0, 0.1) is 0 Å². The lowest BCUT2D eigenvalue weighted by Gasteiger charge is -2.16. The number of ether oxygens (including phenoxy) is 1. The third-order valence-electron chi connectivity index (χ3n) is 5.94. The van der Waals surface area contributed by atoms with Crippen LogP contribution in [0.4, 0.5) is 5.69 Å². The molecule has 0 unspecified atom stereocenters. The fraction of sp³-hybridized carbons (Fsp3) is 0.154. The smallest absolute Gasteiger partial charge is 0.276 e. The molecule has 0 bridgehead atoms. The molecule has 0 atom stereocenters. The highest BCUT2D eigenvalue weighted by Crippen LogP contribution is 2.30. The van der Waals surface area contributed by atoms with Crippen molar-refractivity contribution in [2.75, 3.05) is 11.9 Å². The maximum absolute atomic E-state index is 12.9. The first kappa shape index (κ1) is 20.2. The molecule has 5 aromatic rings. The van der Waals surface area contributed by atoms with Gasteiger partial charge in [-0.05, 0) is 42.2 Å². The Morgan fingerprint density at radius 1 is 1.09 bits per heavy atom. The van der Waals surface area contributed by atoms with Gasteiger partial charge in [0.25, 0.3) is 5.91 Å². The predicted octanol–water partition coefficient (Wildman–Crippen LogP) is 4.45. The van der Waals surface area contributed by atoms with E-state index in [9.17, 15) is 4.79 Å². The van der Waals surface area contributed by atoms with Crippen molar-refractivity contribution in [1.82, 2.24) is 25.0 Å². The number of aromatic nitrogens is 5.